The van der Waals surface area contributed by atoms with Gasteiger partial charge in [-0.1, -0.05) is 6.08 Å². The minimum atomic E-state index is 0.0207. The summed E-state index contributed by atoms with van der Waals surface area (Å²) in [6.45, 7) is 3.62. The van der Waals surface area contributed by atoms with E-state index in [1.54, 1.807) is 0 Å². The Morgan fingerprint density at radius 1 is 1.64 bits per heavy atom. The summed E-state index contributed by atoms with van der Waals surface area (Å²) >= 11 is 0. The number of hydrogen-bond donors (Lipinski definition) is 1. The fraction of sp³-hybridized carbons (Fsp3) is 0.500. The van der Waals surface area contributed by atoms with Crippen molar-refractivity contribution >= 4 is 11.6 Å². The molecule has 0 aliphatic carbocycles. The van der Waals surface area contributed by atoms with Crippen LogP contribution >= 0.6 is 0 Å². The fourth-order valence-electron chi connectivity index (χ4n) is 0.961. The first kappa shape index (κ1) is 7.98. The number of nitrogens with zero attached hydrogens (tertiary/aromatic N) is 1. The van der Waals surface area contributed by atoms with E-state index in [1.807, 2.05) is 6.08 Å². The zero-order chi connectivity index (χ0) is 8.10. The smallest absolute Gasteiger partial charge is 0.240 e. The highest BCUT2D eigenvalue weighted by atomic mass is 16.2. The molecule has 0 aromatic rings. The highest BCUT2D eigenvalue weighted by molar-refractivity contribution is 5.92. The Hall–Kier alpha value is -1.12. The molecule has 0 bridgehead atoms. The van der Waals surface area contributed by atoms with Crippen molar-refractivity contribution in [3.8, 4) is 0 Å². The number of rotatable bonds is 3. The predicted molar refractivity (Wildman–Crippen MR) is 44.2 cm³/mol. The molecule has 60 valence electrons. The second kappa shape index (κ2) is 3.91. The van der Waals surface area contributed by atoms with Gasteiger partial charge in [0, 0.05) is 12.1 Å². The Morgan fingerprint density at radius 3 is 3.00 bits per heavy atom. The summed E-state index contributed by atoms with van der Waals surface area (Å²) in [5.74, 6) is 0.0207. The summed E-state index contributed by atoms with van der Waals surface area (Å²) < 4.78 is 0. The van der Waals surface area contributed by atoms with Crippen LogP contribution in [0.25, 0.3) is 0 Å². The first-order chi connectivity index (χ1) is 5.33. The number of nitrogens with one attached hydrogen (secondary N) is 1. The average Bonchev–Trinajstić information content (AvgIpc) is 2.04. The summed E-state index contributed by atoms with van der Waals surface area (Å²) in [6.07, 6.45) is 5.10. The summed E-state index contributed by atoms with van der Waals surface area (Å²) in [5.41, 5.74) is 3.53. The lowest BCUT2D eigenvalue weighted by molar-refractivity contribution is -0.121. The van der Waals surface area contributed by atoms with Gasteiger partial charge in [-0.2, -0.15) is 5.10 Å². The van der Waals surface area contributed by atoms with Gasteiger partial charge in [0.2, 0.25) is 5.91 Å². The molecule has 0 saturated carbocycles. The van der Waals surface area contributed by atoms with Crippen LogP contribution in [-0.2, 0) is 4.79 Å². The predicted octanol–water partition coefficient (Wildman–Crippen LogP) is 1.22. The van der Waals surface area contributed by atoms with Crippen molar-refractivity contribution in [2.75, 3.05) is 0 Å². The van der Waals surface area contributed by atoms with Crippen LogP contribution in [0, 0.1) is 0 Å². The molecule has 1 aliphatic rings. The molecular formula is C8H12N2O. The third-order valence-corrected chi connectivity index (χ3v) is 1.62. The second-order valence-electron chi connectivity index (χ2n) is 2.54. The Morgan fingerprint density at radius 2 is 2.45 bits per heavy atom. The quantitative estimate of drug-likeness (QED) is 0.607. The summed E-state index contributed by atoms with van der Waals surface area (Å²) in [7, 11) is 0. The molecule has 3 nitrogen and oxygen atoms in total. The van der Waals surface area contributed by atoms with Crippen LogP contribution in [-0.4, -0.2) is 11.6 Å². The number of hydrogen-bond acceptors (Lipinski definition) is 2. The minimum absolute atomic E-state index is 0.0207. The van der Waals surface area contributed by atoms with E-state index in [9.17, 15) is 4.79 Å². The maximum absolute atomic E-state index is 10.6. The molecule has 0 saturated heterocycles. The molecule has 0 aromatic heterocycles. The van der Waals surface area contributed by atoms with Gasteiger partial charge < -0.3 is 0 Å². The average molecular weight is 152 g/mol. The number of carbonyl (C=O) groups excluding carboxylic acids is 1. The van der Waals surface area contributed by atoms with Crippen molar-refractivity contribution < 1.29 is 4.79 Å². The maximum Gasteiger partial charge on any atom is 0.240 e. The van der Waals surface area contributed by atoms with E-state index >= 15 is 0 Å². The zero-order valence-corrected chi connectivity index (χ0v) is 6.47. The molecule has 1 N–H and O–H groups in total. The lowest BCUT2D eigenvalue weighted by Crippen LogP contribution is -2.25. The molecule has 0 aromatic carbocycles. The van der Waals surface area contributed by atoms with E-state index in [1.165, 1.54) is 0 Å². The van der Waals surface area contributed by atoms with Crippen LogP contribution in [0.2, 0.25) is 0 Å². The molecule has 1 amide bonds. The van der Waals surface area contributed by atoms with Gasteiger partial charge in [0.1, 0.15) is 0 Å². The number of hydrazone groups is 1. The minimum Gasteiger partial charge on any atom is -0.273 e. The van der Waals surface area contributed by atoms with E-state index in [0.29, 0.717) is 6.42 Å². The molecule has 1 rings (SSSR count). The van der Waals surface area contributed by atoms with Gasteiger partial charge in [0.15, 0.2) is 0 Å². The Balaban J connectivity index is 2.35. The van der Waals surface area contributed by atoms with Crippen LogP contribution in [0.4, 0.5) is 0 Å². The largest absolute Gasteiger partial charge is 0.273 e. The summed E-state index contributed by atoms with van der Waals surface area (Å²) in [6, 6.07) is 0. The molecule has 3 heteroatoms. The van der Waals surface area contributed by atoms with E-state index in [4.69, 9.17) is 0 Å². The first-order valence-electron chi connectivity index (χ1n) is 3.78. The van der Waals surface area contributed by atoms with Crippen molar-refractivity contribution in [1.82, 2.24) is 5.43 Å². The van der Waals surface area contributed by atoms with Gasteiger partial charge in [0.25, 0.3) is 0 Å². The molecule has 11 heavy (non-hydrogen) atoms. The standard InChI is InChI=1S/C8H12N2O/c1-2-3-4-7-5-6-8(11)10-9-7/h2H,1,3-6H2,(H,10,11). The lowest BCUT2D eigenvalue weighted by Gasteiger charge is -2.10. The van der Waals surface area contributed by atoms with E-state index in [0.717, 1.165) is 25.0 Å². The molecule has 0 fully saturated rings. The van der Waals surface area contributed by atoms with Crippen LogP contribution in [0.1, 0.15) is 25.7 Å². The second-order valence-corrected chi connectivity index (χ2v) is 2.54. The molecule has 0 unspecified atom stereocenters. The SMILES string of the molecule is C=CCCC1=NNC(=O)CC1. The fourth-order valence-corrected chi connectivity index (χ4v) is 0.961. The number of amides is 1. The number of carbonyl (C=O) groups is 1. The third kappa shape index (κ3) is 2.53. The van der Waals surface area contributed by atoms with Crippen LogP contribution < -0.4 is 5.43 Å². The Labute approximate surface area is 66.2 Å². The highest BCUT2D eigenvalue weighted by Crippen LogP contribution is 2.04. The van der Waals surface area contributed by atoms with Gasteiger partial charge in [-0.15, -0.1) is 6.58 Å². The number of allylic oxidation sites excluding steroid dienone is 1. The van der Waals surface area contributed by atoms with Crippen LogP contribution in [0.3, 0.4) is 0 Å². The van der Waals surface area contributed by atoms with Crippen LogP contribution in [0.15, 0.2) is 17.8 Å². The molecule has 0 spiro atoms. The zero-order valence-electron chi connectivity index (χ0n) is 6.47. The van der Waals surface area contributed by atoms with Crippen molar-refractivity contribution in [2.24, 2.45) is 5.10 Å². The van der Waals surface area contributed by atoms with Gasteiger partial charge in [-0.05, 0) is 19.3 Å². The Kier molecular flexibility index (Phi) is 2.83. The highest BCUT2D eigenvalue weighted by Gasteiger charge is 2.09. The topological polar surface area (TPSA) is 41.5 Å². The van der Waals surface area contributed by atoms with Gasteiger partial charge in [0.05, 0.1) is 0 Å². The molecule has 1 aliphatic heterocycles. The van der Waals surface area contributed by atoms with Crippen molar-refractivity contribution in [3.05, 3.63) is 12.7 Å². The molecule has 1 heterocycles. The van der Waals surface area contributed by atoms with E-state index < -0.39 is 0 Å². The summed E-state index contributed by atoms with van der Waals surface area (Å²) in [5, 5.41) is 3.92. The normalized spacial score (nSPS) is 17.1. The lowest BCUT2D eigenvalue weighted by atomic mass is 10.1. The van der Waals surface area contributed by atoms with Crippen molar-refractivity contribution in [2.45, 2.75) is 25.7 Å². The third-order valence-electron chi connectivity index (χ3n) is 1.62. The summed E-state index contributed by atoms with van der Waals surface area (Å²) in [4.78, 5) is 10.6. The molecular weight excluding hydrogens is 140 g/mol. The van der Waals surface area contributed by atoms with Crippen molar-refractivity contribution in [1.29, 1.82) is 0 Å². The van der Waals surface area contributed by atoms with Crippen molar-refractivity contribution in [3.63, 3.8) is 0 Å². The molecule has 0 radical (unpaired) electrons. The maximum atomic E-state index is 10.6. The van der Waals surface area contributed by atoms with Gasteiger partial charge in [-0.3, -0.25) is 4.79 Å². The van der Waals surface area contributed by atoms with Gasteiger partial charge >= 0.3 is 0 Å². The first-order valence-corrected chi connectivity index (χ1v) is 3.78. The Bertz CT molecular complexity index is 196. The van der Waals surface area contributed by atoms with Crippen LogP contribution in [0.5, 0.6) is 0 Å². The van der Waals surface area contributed by atoms with Gasteiger partial charge in [-0.25, -0.2) is 5.43 Å². The van der Waals surface area contributed by atoms with E-state index in [-0.39, 0.29) is 5.91 Å². The van der Waals surface area contributed by atoms with E-state index in [2.05, 4.69) is 17.1 Å². The molecule has 0 atom stereocenters. The monoisotopic (exact) mass is 152 g/mol.